The van der Waals surface area contributed by atoms with E-state index >= 15 is 0 Å². The number of nitrogens with one attached hydrogen (secondary N) is 4. The first-order chi connectivity index (χ1) is 50.0. The molecule has 18 nitrogen and oxygen atoms in total. The molecule has 4 aliphatic rings. The summed E-state index contributed by atoms with van der Waals surface area (Å²) < 4.78 is 100. The Hall–Kier alpha value is -6.39. The summed E-state index contributed by atoms with van der Waals surface area (Å²) >= 11 is 9.28. The second-order valence-corrected chi connectivity index (χ2v) is 36.4. The van der Waals surface area contributed by atoms with E-state index in [1.54, 1.807) is 28.4 Å². The third-order valence-electron chi connectivity index (χ3n) is 20.7. The fourth-order valence-electron chi connectivity index (χ4n) is 14.6. The lowest BCUT2D eigenvalue weighted by atomic mass is 9.73. The number of hydrogen-bond donors (Lipinski definition) is 5. The van der Waals surface area contributed by atoms with Crippen LogP contribution in [0.1, 0.15) is 145 Å². The minimum atomic E-state index is -6.12. The first kappa shape index (κ1) is 81.1. The number of aryl methyl sites for hydroxylation is 1. The summed E-state index contributed by atoms with van der Waals surface area (Å²) in [6.07, 6.45) is 11.6. The maximum absolute atomic E-state index is 14.6. The lowest BCUT2D eigenvalue weighted by molar-refractivity contribution is -0.142. The minimum absolute atomic E-state index is 0.0106. The number of likely N-dealkylation sites (tertiary alicyclic amines) is 1. The number of alkyl halides is 3. The molecule has 3 saturated heterocycles. The molecule has 10 rings (SSSR count). The van der Waals surface area contributed by atoms with Gasteiger partial charge in [0, 0.05) is 118 Å². The van der Waals surface area contributed by atoms with Crippen molar-refractivity contribution in [3.63, 3.8) is 0 Å². The smallest absolute Gasteiger partial charge is 0.391 e. The minimum Gasteiger partial charge on any atom is -0.391 e. The maximum Gasteiger partial charge on any atom is 0.501 e. The zero-order chi connectivity index (χ0) is 75.1. The van der Waals surface area contributed by atoms with Crippen LogP contribution >= 0.6 is 34.7 Å². The molecule has 3 aliphatic heterocycles. The summed E-state index contributed by atoms with van der Waals surface area (Å²) in [4.78, 5) is 56.6. The molecule has 0 spiro atoms. The van der Waals surface area contributed by atoms with Crippen molar-refractivity contribution in [1.29, 1.82) is 0 Å². The normalized spacial score (nSPS) is 18.7. The van der Waals surface area contributed by atoms with E-state index in [1.165, 1.54) is 40.6 Å². The number of β-amino-alcohol motifs (C(OH)–C–C–N with tert-alkyl or cyclic N) is 1. The van der Waals surface area contributed by atoms with Crippen molar-refractivity contribution in [2.75, 3.05) is 101 Å². The fraction of sp³-hybridized carbons (Fsp3) is 0.519. The van der Waals surface area contributed by atoms with Gasteiger partial charge in [-0.2, -0.15) is 13.2 Å². The summed E-state index contributed by atoms with van der Waals surface area (Å²) in [6, 6.07) is 32.7. The Labute approximate surface area is 632 Å². The molecule has 4 heterocycles. The predicted octanol–water partition coefficient (Wildman–Crippen LogP) is 14.0. The molecule has 570 valence electrons. The first-order valence-electron chi connectivity index (χ1n) is 37.0. The second-order valence-electron chi connectivity index (χ2n) is 30.4. The number of allylic oxidation sites excluding steroid dienone is 1. The quantitative estimate of drug-likeness (QED) is 0.0191. The Balaban J connectivity index is 0.645. The Morgan fingerprint density at radius 3 is 2.03 bits per heavy atom. The fourth-order valence-corrected chi connectivity index (χ4v) is 18.5. The zero-order valence-electron chi connectivity index (χ0n) is 61.4. The highest BCUT2D eigenvalue weighted by atomic mass is 35.5. The second kappa shape index (κ2) is 36.7. The number of unbranched alkanes of at least 4 members (excludes halogenated alkanes) is 7. The Morgan fingerprint density at radius 2 is 1.39 bits per heavy atom. The van der Waals surface area contributed by atoms with Crippen LogP contribution in [0.15, 0.2) is 147 Å². The van der Waals surface area contributed by atoms with Crippen molar-refractivity contribution >= 4 is 89.2 Å². The van der Waals surface area contributed by atoms with Crippen molar-refractivity contribution in [1.82, 2.24) is 39.9 Å². The van der Waals surface area contributed by atoms with Gasteiger partial charge < -0.3 is 40.7 Å². The number of aliphatic hydroxyl groups is 1. The van der Waals surface area contributed by atoms with Gasteiger partial charge in [-0.15, -0.1) is 23.1 Å². The average Bonchev–Trinajstić information content (AvgIpc) is 1.32. The molecule has 5 N–H and O–H groups in total. The highest BCUT2D eigenvalue weighted by molar-refractivity contribution is 7.99. The summed E-state index contributed by atoms with van der Waals surface area (Å²) in [6.45, 7) is 22.5. The van der Waals surface area contributed by atoms with Crippen LogP contribution in [0.4, 0.5) is 24.5 Å². The van der Waals surface area contributed by atoms with Gasteiger partial charge in [0.05, 0.1) is 38.8 Å². The summed E-state index contributed by atoms with van der Waals surface area (Å²) in [7, 11) is -11.0. The van der Waals surface area contributed by atoms with Crippen LogP contribution in [0.2, 0.25) is 5.02 Å². The molecule has 0 unspecified atom stereocenters. The maximum atomic E-state index is 14.6. The number of nitrogens with zero attached hydrogens (tertiary/aromatic N) is 6. The van der Waals surface area contributed by atoms with E-state index in [1.807, 2.05) is 105 Å². The number of sulfonamides is 1. The zero-order valence-corrected chi connectivity index (χ0v) is 65.4. The van der Waals surface area contributed by atoms with Gasteiger partial charge in [0.25, 0.3) is 25.8 Å². The van der Waals surface area contributed by atoms with Crippen LogP contribution in [0.3, 0.4) is 0 Å². The van der Waals surface area contributed by atoms with Gasteiger partial charge in [0.2, 0.25) is 11.8 Å². The highest BCUT2D eigenvalue weighted by Crippen LogP contribution is 2.44. The van der Waals surface area contributed by atoms with E-state index in [-0.39, 0.29) is 35.8 Å². The molecule has 5 aromatic carbocycles. The number of thiazole rings is 1. The Morgan fingerprint density at radius 1 is 0.762 bits per heavy atom. The lowest BCUT2D eigenvalue weighted by Crippen LogP contribution is -2.56. The monoisotopic (exact) mass is 1540 g/mol. The van der Waals surface area contributed by atoms with E-state index in [0.717, 1.165) is 180 Å². The number of sulfone groups is 1. The number of halogens is 4. The number of carbonyl (C=O) groups excluding carboxylic acids is 3. The molecule has 1 aliphatic carbocycles. The molecule has 0 saturated carbocycles. The largest absolute Gasteiger partial charge is 0.501 e. The van der Waals surface area contributed by atoms with Gasteiger partial charge in [-0.3, -0.25) is 19.3 Å². The lowest BCUT2D eigenvalue weighted by Gasteiger charge is -2.39. The SMILES string of the molecule is Cc1ncsc1-c1ccc(CNC(=O)[C@@H]2C[C@@H](O)CN2C(=O)[C@@H](NCCCCCCCCCCN2CCN(CC[C@H](CSc3ccccc3)Nc3ccc(S(=O)(=O)NC(=O)c4ccc(N5CCN(CC6=C(c7ccc(Cl)cc7)CCC(C)(C)C6)CC5)cc4)cc3S(=O)(=O)C(F)(F)F)CC2)C(C)(C)C)cc1. The molecule has 3 amide bonds. The van der Waals surface area contributed by atoms with Gasteiger partial charge in [-0.1, -0.05) is 145 Å². The molecular weight excluding hydrogens is 1440 g/mol. The van der Waals surface area contributed by atoms with E-state index in [2.05, 4.69) is 66.5 Å². The standard InChI is InChI=1S/C79H104ClF3N10O8S4/c1-56-72(103-55-86-56)59-22-20-57(21-23-59)51-85-75(96)70-48-65(94)53-93(70)76(97)73(77(2,3)4)84-37-16-11-9-7-8-10-12-17-38-89-40-42-90(43-41-89)39-35-63(54-102-66-18-14-13-15-19-66)87-69-33-32-67(49-71(69)104(98,99)79(81,82)83)105(100,101)88-74(95)60-26-30-64(31-27-60)92-46-44-91(45-47-92)52-61-50-78(5,6)36-34-68(61)58-24-28-62(80)29-25-58/h13-15,18-33,49,55,63,65,70,73,84,87,94H,7-12,16-17,34-48,50-54H2,1-6H3,(H,85,96)(H,88,95)/t63-,65-,70+,73-/m1/s1. The van der Waals surface area contributed by atoms with Crippen molar-refractivity contribution in [2.24, 2.45) is 10.8 Å². The van der Waals surface area contributed by atoms with Crippen LogP contribution in [0.25, 0.3) is 16.0 Å². The van der Waals surface area contributed by atoms with Crippen LogP contribution in [0.5, 0.6) is 0 Å². The number of amides is 3. The van der Waals surface area contributed by atoms with E-state index in [0.29, 0.717) is 42.9 Å². The number of thioether (sulfide) groups is 1. The van der Waals surface area contributed by atoms with Gasteiger partial charge in [0.15, 0.2) is 0 Å². The van der Waals surface area contributed by atoms with Gasteiger partial charge in [-0.05, 0) is 158 Å². The summed E-state index contributed by atoms with van der Waals surface area (Å²) in [5.74, 6) is -1.13. The molecule has 1 aromatic heterocycles. The van der Waals surface area contributed by atoms with Gasteiger partial charge in [0.1, 0.15) is 10.9 Å². The molecule has 6 aromatic rings. The summed E-state index contributed by atoms with van der Waals surface area (Å²) in [5.41, 5.74) is 3.27. The first-order valence-corrected chi connectivity index (χ1v) is 42.2. The number of hydrogen-bond acceptors (Lipinski definition) is 17. The summed E-state index contributed by atoms with van der Waals surface area (Å²) in [5, 5.41) is 21.0. The molecule has 0 bridgehead atoms. The van der Waals surface area contributed by atoms with Crippen LogP contribution < -0.4 is 25.6 Å². The number of benzene rings is 5. The van der Waals surface area contributed by atoms with Gasteiger partial charge >= 0.3 is 5.51 Å². The molecular formula is C79H104ClF3N10O8S4. The average molecular weight is 1540 g/mol. The highest BCUT2D eigenvalue weighted by Gasteiger charge is 2.49. The number of anilines is 2. The van der Waals surface area contributed by atoms with E-state index < -0.39 is 76.4 Å². The molecule has 4 atom stereocenters. The predicted molar refractivity (Wildman–Crippen MR) is 416 cm³/mol. The molecule has 3 fully saturated rings. The van der Waals surface area contributed by atoms with Crippen LogP contribution in [-0.4, -0.2) is 185 Å². The van der Waals surface area contributed by atoms with Crippen molar-refractivity contribution < 1.29 is 49.5 Å². The molecule has 105 heavy (non-hydrogen) atoms. The number of carbonyl (C=O) groups is 3. The Kier molecular flexibility index (Phi) is 28.3. The van der Waals surface area contributed by atoms with Crippen LogP contribution in [0, 0.1) is 17.8 Å². The van der Waals surface area contributed by atoms with Gasteiger partial charge in [-0.25, -0.2) is 26.5 Å². The van der Waals surface area contributed by atoms with Crippen LogP contribution in [-0.2, 0) is 36.0 Å². The van der Waals surface area contributed by atoms with Crippen molar-refractivity contribution in [3.05, 3.63) is 160 Å². The topological polar surface area (TPSA) is 217 Å². The van der Waals surface area contributed by atoms with Crippen molar-refractivity contribution in [3.8, 4) is 10.4 Å². The third kappa shape index (κ3) is 22.6. The number of aromatic nitrogens is 1. The Bertz CT molecular complexity index is 4130. The molecule has 0 radical (unpaired) electrons. The number of aliphatic hydroxyl groups excluding tert-OH is 1. The van der Waals surface area contributed by atoms with Crippen molar-refractivity contribution in [2.45, 2.75) is 176 Å². The number of piperazine rings is 2. The number of rotatable bonds is 33. The third-order valence-corrected chi connectivity index (χ3v) is 26.0. The van der Waals surface area contributed by atoms with E-state index in [4.69, 9.17) is 11.6 Å². The van der Waals surface area contributed by atoms with E-state index in [9.17, 15) is 49.5 Å². The molecule has 26 heteroatoms.